The second kappa shape index (κ2) is 11.2. The molecule has 242 valence electrons. The smallest absolute Gasteiger partial charge is 0.0965 e. The fourth-order valence-electron chi connectivity index (χ4n) is 8.12. The Labute approximate surface area is 299 Å². The third-order valence-corrected chi connectivity index (χ3v) is 10.6. The van der Waals surface area contributed by atoms with Crippen LogP contribution >= 0.6 is 0 Å². The van der Waals surface area contributed by atoms with Crippen LogP contribution in [-0.2, 0) is 0 Å². The van der Waals surface area contributed by atoms with Crippen molar-refractivity contribution in [2.45, 2.75) is 0 Å². The average Bonchev–Trinajstić information content (AvgIpc) is 3.74. The molecule has 4 heterocycles. The van der Waals surface area contributed by atoms with Crippen LogP contribution in [0.1, 0.15) is 0 Å². The predicted octanol–water partition coefficient (Wildman–Crippen LogP) is 12.3. The number of benzene rings is 7. The number of pyridine rings is 2. The molecule has 0 fully saturated rings. The molecule has 11 aromatic rings. The van der Waals surface area contributed by atoms with Crippen molar-refractivity contribution in [1.29, 1.82) is 0 Å². The van der Waals surface area contributed by atoms with Gasteiger partial charge in [-0.25, -0.2) is 0 Å². The number of aromatic nitrogens is 4. The molecule has 0 saturated carbocycles. The highest BCUT2D eigenvalue weighted by molar-refractivity contribution is 6.10. The van der Waals surface area contributed by atoms with Crippen LogP contribution in [0.4, 0.5) is 0 Å². The maximum Gasteiger partial charge on any atom is 0.0965 e. The van der Waals surface area contributed by atoms with Gasteiger partial charge in [0.1, 0.15) is 0 Å². The summed E-state index contributed by atoms with van der Waals surface area (Å²) in [6.07, 6.45) is 3.94. The summed E-state index contributed by atoms with van der Waals surface area (Å²) < 4.78 is 4.69. The van der Waals surface area contributed by atoms with Gasteiger partial charge in [0.15, 0.2) is 0 Å². The Hall–Kier alpha value is -7.04. The summed E-state index contributed by atoms with van der Waals surface area (Å²) in [7, 11) is 0. The monoisotopic (exact) mass is 662 g/mol. The minimum absolute atomic E-state index is 0.913. The first-order valence-corrected chi connectivity index (χ1v) is 17.7. The van der Waals surface area contributed by atoms with E-state index in [-0.39, 0.29) is 0 Å². The largest absolute Gasteiger partial charge is 0.309 e. The SMILES string of the molecule is c1ccc2c(c1)c1ccccc1n2-c1ccc(-c2cnc3c(ccc4cc(-c5ccc(-n6c7ccccc7c7ccccc76)cc5)cnc43)c2)cc1. The van der Waals surface area contributed by atoms with E-state index >= 15 is 0 Å². The molecule has 11 rings (SSSR count). The lowest BCUT2D eigenvalue weighted by molar-refractivity contribution is 1.18. The first-order chi connectivity index (χ1) is 25.8. The maximum atomic E-state index is 4.96. The van der Waals surface area contributed by atoms with Gasteiger partial charge in [0.05, 0.1) is 33.1 Å². The van der Waals surface area contributed by atoms with Crippen molar-refractivity contribution in [3.05, 3.63) is 182 Å². The van der Waals surface area contributed by atoms with Crippen LogP contribution in [0.15, 0.2) is 182 Å². The van der Waals surface area contributed by atoms with Gasteiger partial charge in [-0.2, -0.15) is 0 Å². The molecule has 0 unspecified atom stereocenters. The Morgan fingerprint density at radius 1 is 0.308 bits per heavy atom. The molecule has 0 aliphatic heterocycles. The quantitative estimate of drug-likeness (QED) is 0.176. The predicted molar refractivity (Wildman–Crippen MR) is 217 cm³/mol. The molecule has 4 heteroatoms. The lowest BCUT2D eigenvalue weighted by atomic mass is 10.0. The molecule has 0 bridgehead atoms. The number of hydrogen-bond donors (Lipinski definition) is 0. The standard InChI is InChI=1S/C48H30N4/c1-5-13-43-39(9-1)40-10-2-6-14-44(40)51(43)37-23-19-31(20-24-37)35-27-33-17-18-34-28-36(30-50-48(34)47(33)49-29-35)32-21-25-38(26-22-32)52-45-15-7-3-11-41(45)42-12-4-8-16-46(42)52/h1-30H. The van der Waals surface area contributed by atoms with Gasteiger partial charge in [-0.15, -0.1) is 0 Å². The van der Waals surface area contributed by atoms with Crippen molar-refractivity contribution >= 4 is 65.4 Å². The maximum absolute atomic E-state index is 4.96. The third kappa shape index (κ3) is 4.34. The van der Waals surface area contributed by atoms with Crippen LogP contribution in [0.25, 0.3) is 99.0 Å². The van der Waals surface area contributed by atoms with E-state index in [2.05, 4.69) is 179 Å². The summed E-state index contributed by atoms with van der Waals surface area (Å²) in [5.41, 5.74) is 13.4. The van der Waals surface area contributed by atoms with Crippen LogP contribution in [0.5, 0.6) is 0 Å². The Kier molecular flexibility index (Phi) is 6.22. The van der Waals surface area contributed by atoms with Crippen LogP contribution in [-0.4, -0.2) is 19.1 Å². The van der Waals surface area contributed by atoms with Crippen LogP contribution in [0.3, 0.4) is 0 Å². The Bertz CT molecular complexity index is 2840. The summed E-state index contributed by atoms with van der Waals surface area (Å²) in [6, 6.07) is 60.8. The first kappa shape index (κ1) is 28.8. The zero-order valence-electron chi connectivity index (χ0n) is 28.1. The van der Waals surface area contributed by atoms with E-state index in [1.165, 1.54) is 43.6 Å². The molecule has 0 amide bonds. The van der Waals surface area contributed by atoms with Crippen molar-refractivity contribution in [2.75, 3.05) is 0 Å². The van der Waals surface area contributed by atoms with Gasteiger partial charge in [-0.1, -0.05) is 109 Å². The van der Waals surface area contributed by atoms with E-state index in [0.29, 0.717) is 0 Å². The highest BCUT2D eigenvalue weighted by Crippen LogP contribution is 2.35. The second-order valence-corrected chi connectivity index (χ2v) is 13.5. The van der Waals surface area contributed by atoms with Crippen molar-refractivity contribution in [2.24, 2.45) is 0 Å². The van der Waals surface area contributed by atoms with Crippen molar-refractivity contribution < 1.29 is 0 Å². The van der Waals surface area contributed by atoms with Crippen molar-refractivity contribution in [3.63, 3.8) is 0 Å². The number of para-hydroxylation sites is 4. The zero-order chi connectivity index (χ0) is 34.2. The molecule has 0 radical (unpaired) electrons. The second-order valence-electron chi connectivity index (χ2n) is 13.5. The van der Waals surface area contributed by atoms with Gasteiger partial charge in [-0.3, -0.25) is 9.97 Å². The molecule has 0 aliphatic carbocycles. The minimum Gasteiger partial charge on any atom is -0.309 e. The molecule has 0 spiro atoms. The lowest BCUT2D eigenvalue weighted by Crippen LogP contribution is -1.94. The molecular formula is C48H30N4. The van der Waals surface area contributed by atoms with E-state index in [1.54, 1.807) is 0 Å². The van der Waals surface area contributed by atoms with Crippen LogP contribution in [0, 0.1) is 0 Å². The Balaban J connectivity index is 0.913. The Morgan fingerprint density at radius 2 is 0.635 bits per heavy atom. The summed E-state index contributed by atoms with van der Waals surface area (Å²) in [5, 5.41) is 7.22. The Morgan fingerprint density at radius 3 is 0.981 bits per heavy atom. The van der Waals surface area contributed by atoms with Crippen LogP contribution in [0.2, 0.25) is 0 Å². The highest BCUT2D eigenvalue weighted by Gasteiger charge is 2.14. The molecule has 0 atom stereocenters. The van der Waals surface area contributed by atoms with E-state index in [4.69, 9.17) is 9.97 Å². The highest BCUT2D eigenvalue weighted by atomic mass is 15.0. The molecule has 52 heavy (non-hydrogen) atoms. The van der Waals surface area contributed by atoms with E-state index in [1.807, 2.05) is 12.4 Å². The summed E-state index contributed by atoms with van der Waals surface area (Å²) in [5.74, 6) is 0. The number of fused-ring (bicyclic) bond motifs is 9. The lowest BCUT2D eigenvalue weighted by Gasteiger charge is -2.11. The van der Waals surface area contributed by atoms with Gasteiger partial charge in [0.25, 0.3) is 0 Å². The number of rotatable bonds is 4. The molecule has 7 aromatic carbocycles. The van der Waals surface area contributed by atoms with Crippen molar-refractivity contribution in [1.82, 2.24) is 19.1 Å². The molecule has 0 aliphatic rings. The fraction of sp³-hybridized carbons (Fsp3) is 0. The van der Waals surface area contributed by atoms with Gasteiger partial charge >= 0.3 is 0 Å². The summed E-state index contributed by atoms with van der Waals surface area (Å²) >= 11 is 0. The van der Waals surface area contributed by atoms with Crippen LogP contribution < -0.4 is 0 Å². The minimum atomic E-state index is 0.913. The number of hydrogen-bond acceptors (Lipinski definition) is 2. The fourth-order valence-corrected chi connectivity index (χ4v) is 8.12. The topological polar surface area (TPSA) is 35.6 Å². The summed E-state index contributed by atoms with van der Waals surface area (Å²) in [6.45, 7) is 0. The van der Waals surface area contributed by atoms with E-state index in [9.17, 15) is 0 Å². The molecule has 0 saturated heterocycles. The van der Waals surface area contributed by atoms with Crippen molar-refractivity contribution in [3.8, 4) is 33.6 Å². The molecular weight excluding hydrogens is 633 g/mol. The average molecular weight is 663 g/mol. The molecule has 4 nitrogen and oxygen atoms in total. The van der Waals surface area contributed by atoms with Gasteiger partial charge in [0, 0.05) is 67.2 Å². The van der Waals surface area contributed by atoms with Gasteiger partial charge < -0.3 is 9.13 Å². The first-order valence-electron chi connectivity index (χ1n) is 17.7. The molecule has 4 aromatic heterocycles. The zero-order valence-corrected chi connectivity index (χ0v) is 28.1. The third-order valence-electron chi connectivity index (χ3n) is 10.6. The van der Waals surface area contributed by atoms with E-state index < -0.39 is 0 Å². The molecule has 0 N–H and O–H groups in total. The van der Waals surface area contributed by atoms with Gasteiger partial charge in [0.2, 0.25) is 0 Å². The number of nitrogens with zero attached hydrogens (tertiary/aromatic N) is 4. The normalized spacial score (nSPS) is 11.8. The van der Waals surface area contributed by atoms with E-state index in [0.717, 1.165) is 55.4 Å². The summed E-state index contributed by atoms with van der Waals surface area (Å²) in [4.78, 5) is 9.92. The van der Waals surface area contributed by atoms with Gasteiger partial charge in [-0.05, 0) is 71.8 Å².